The van der Waals surface area contributed by atoms with E-state index in [1.807, 2.05) is 30.3 Å². The van der Waals surface area contributed by atoms with Gasteiger partial charge < -0.3 is 5.73 Å². The van der Waals surface area contributed by atoms with E-state index in [1.54, 1.807) is 0 Å². The van der Waals surface area contributed by atoms with E-state index in [1.165, 1.54) is 0 Å². The lowest BCUT2D eigenvalue weighted by atomic mass is 10.1. The van der Waals surface area contributed by atoms with Gasteiger partial charge >= 0.3 is 0 Å². The van der Waals surface area contributed by atoms with E-state index in [9.17, 15) is 0 Å². The van der Waals surface area contributed by atoms with Gasteiger partial charge in [-0.1, -0.05) is 29.8 Å². The van der Waals surface area contributed by atoms with Crippen molar-refractivity contribution < 1.29 is 0 Å². The Labute approximate surface area is 77.8 Å². The normalized spacial score (nSPS) is 12.5. The molecule has 1 aromatic carbocycles. The van der Waals surface area contributed by atoms with Crippen LogP contribution in [0, 0.1) is 0 Å². The molecule has 0 heterocycles. The molecule has 2 N–H and O–H groups in total. The minimum Gasteiger partial charge on any atom is -0.324 e. The van der Waals surface area contributed by atoms with E-state index in [4.69, 9.17) is 17.3 Å². The van der Waals surface area contributed by atoms with Gasteiger partial charge in [-0.15, -0.1) is 6.58 Å². The van der Waals surface area contributed by atoms with Gasteiger partial charge in [-0.25, -0.2) is 0 Å². The lowest BCUT2D eigenvalue weighted by molar-refractivity contribution is 0.742. The molecule has 0 bridgehead atoms. The molecule has 64 valence electrons. The number of hydrogen-bond donors (Lipinski definition) is 1. The molecule has 1 nitrogen and oxygen atoms in total. The van der Waals surface area contributed by atoms with Gasteiger partial charge in [-0.2, -0.15) is 0 Å². The van der Waals surface area contributed by atoms with Crippen LogP contribution in [0.1, 0.15) is 18.0 Å². The fraction of sp³-hybridized carbons (Fsp3) is 0.200. The first-order chi connectivity index (χ1) is 5.74. The fourth-order valence-electron chi connectivity index (χ4n) is 1.03. The zero-order valence-electron chi connectivity index (χ0n) is 6.83. The quantitative estimate of drug-likeness (QED) is 0.713. The maximum atomic E-state index is 5.84. The highest BCUT2D eigenvalue weighted by molar-refractivity contribution is 6.30. The Kier molecular flexibility index (Phi) is 3.32. The highest BCUT2D eigenvalue weighted by Gasteiger charge is 2.01. The summed E-state index contributed by atoms with van der Waals surface area (Å²) in [6.07, 6.45) is 2.61. The summed E-state index contributed by atoms with van der Waals surface area (Å²) < 4.78 is 0. The Morgan fingerprint density at radius 3 is 2.50 bits per heavy atom. The summed E-state index contributed by atoms with van der Waals surface area (Å²) in [5, 5.41) is 0.740. The molecule has 1 rings (SSSR count). The Bertz CT molecular complexity index is 253. The van der Waals surface area contributed by atoms with Crippen molar-refractivity contribution in [3.63, 3.8) is 0 Å². The standard InChI is InChI=1S/C10H12ClN/c1-2-3-10(12)8-4-6-9(11)7-5-8/h2,4-7,10H,1,3,12H2. The van der Waals surface area contributed by atoms with Gasteiger partial charge in [0.1, 0.15) is 0 Å². The Morgan fingerprint density at radius 1 is 1.42 bits per heavy atom. The summed E-state index contributed by atoms with van der Waals surface area (Å²) in [6, 6.07) is 7.62. The van der Waals surface area contributed by atoms with E-state index in [0.29, 0.717) is 0 Å². The van der Waals surface area contributed by atoms with Crippen molar-refractivity contribution in [2.45, 2.75) is 12.5 Å². The molecule has 0 aliphatic heterocycles. The van der Waals surface area contributed by atoms with E-state index < -0.39 is 0 Å². The van der Waals surface area contributed by atoms with Crippen molar-refractivity contribution >= 4 is 11.6 Å². The number of benzene rings is 1. The summed E-state index contributed by atoms with van der Waals surface area (Å²) in [5.41, 5.74) is 6.94. The van der Waals surface area contributed by atoms with Gasteiger partial charge in [0, 0.05) is 11.1 Å². The highest BCUT2D eigenvalue weighted by Crippen LogP contribution is 2.16. The van der Waals surface area contributed by atoms with Crippen molar-refractivity contribution in [3.05, 3.63) is 47.5 Å². The number of halogens is 1. The summed E-state index contributed by atoms with van der Waals surface area (Å²) >= 11 is 5.73. The Balaban J connectivity index is 2.74. The molecule has 0 saturated heterocycles. The number of nitrogens with two attached hydrogens (primary N) is 1. The molecule has 0 saturated carbocycles. The third kappa shape index (κ3) is 2.36. The summed E-state index contributed by atoms with van der Waals surface area (Å²) in [6.45, 7) is 3.64. The molecule has 0 radical (unpaired) electrons. The predicted octanol–water partition coefficient (Wildman–Crippen LogP) is 2.92. The van der Waals surface area contributed by atoms with E-state index in [0.717, 1.165) is 17.0 Å². The van der Waals surface area contributed by atoms with Gasteiger partial charge in [0.15, 0.2) is 0 Å². The second kappa shape index (κ2) is 4.29. The van der Waals surface area contributed by atoms with Crippen LogP contribution in [0.4, 0.5) is 0 Å². The van der Waals surface area contributed by atoms with Crippen LogP contribution in [0.25, 0.3) is 0 Å². The van der Waals surface area contributed by atoms with Gasteiger partial charge in [0.2, 0.25) is 0 Å². The van der Waals surface area contributed by atoms with Crippen molar-refractivity contribution in [2.75, 3.05) is 0 Å². The minimum atomic E-state index is 0.0415. The largest absolute Gasteiger partial charge is 0.324 e. The minimum absolute atomic E-state index is 0.0415. The summed E-state index contributed by atoms with van der Waals surface area (Å²) in [7, 11) is 0. The van der Waals surface area contributed by atoms with Crippen LogP contribution in [0.3, 0.4) is 0 Å². The fourth-order valence-corrected chi connectivity index (χ4v) is 1.15. The summed E-state index contributed by atoms with van der Waals surface area (Å²) in [5.74, 6) is 0. The molecule has 0 fully saturated rings. The zero-order chi connectivity index (χ0) is 8.97. The maximum absolute atomic E-state index is 5.84. The maximum Gasteiger partial charge on any atom is 0.0406 e. The van der Waals surface area contributed by atoms with Gasteiger partial charge in [0.05, 0.1) is 0 Å². The van der Waals surface area contributed by atoms with Crippen molar-refractivity contribution in [1.29, 1.82) is 0 Å². The Morgan fingerprint density at radius 2 is 2.00 bits per heavy atom. The van der Waals surface area contributed by atoms with Gasteiger partial charge in [-0.3, -0.25) is 0 Å². The third-order valence-electron chi connectivity index (χ3n) is 1.72. The lowest BCUT2D eigenvalue weighted by Gasteiger charge is -2.08. The molecule has 1 aromatic rings. The van der Waals surface area contributed by atoms with Crippen molar-refractivity contribution in [1.82, 2.24) is 0 Å². The van der Waals surface area contributed by atoms with Gasteiger partial charge in [-0.05, 0) is 24.1 Å². The first-order valence-corrected chi connectivity index (χ1v) is 4.24. The summed E-state index contributed by atoms with van der Waals surface area (Å²) in [4.78, 5) is 0. The SMILES string of the molecule is C=CCC(N)c1ccc(Cl)cc1. The Hall–Kier alpha value is -0.790. The van der Waals surface area contributed by atoms with Crippen molar-refractivity contribution in [3.8, 4) is 0 Å². The van der Waals surface area contributed by atoms with Crippen molar-refractivity contribution in [2.24, 2.45) is 5.73 Å². The van der Waals surface area contributed by atoms with Crippen LogP contribution in [0.15, 0.2) is 36.9 Å². The van der Waals surface area contributed by atoms with E-state index in [-0.39, 0.29) is 6.04 Å². The molecule has 1 atom stereocenters. The van der Waals surface area contributed by atoms with Crippen LogP contribution in [-0.4, -0.2) is 0 Å². The van der Waals surface area contributed by atoms with Crippen LogP contribution >= 0.6 is 11.6 Å². The molecule has 0 spiro atoms. The van der Waals surface area contributed by atoms with E-state index >= 15 is 0 Å². The smallest absolute Gasteiger partial charge is 0.0406 e. The van der Waals surface area contributed by atoms with Crippen LogP contribution < -0.4 is 5.73 Å². The van der Waals surface area contributed by atoms with Gasteiger partial charge in [0.25, 0.3) is 0 Å². The number of hydrogen-bond acceptors (Lipinski definition) is 1. The average molecular weight is 182 g/mol. The average Bonchev–Trinajstić information content (AvgIpc) is 2.06. The second-order valence-electron chi connectivity index (χ2n) is 2.68. The highest BCUT2D eigenvalue weighted by atomic mass is 35.5. The first-order valence-electron chi connectivity index (χ1n) is 3.86. The van der Waals surface area contributed by atoms with Crippen LogP contribution in [0.2, 0.25) is 5.02 Å². The second-order valence-corrected chi connectivity index (χ2v) is 3.12. The van der Waals surface area contributed by atoms with Crippen LogP contribution in [0.5, 0.6) is 0 Å². The topological polar surface area (TPSA) is 26.0 Å². The molecule has 0 amide bonds. The van der Waals surface area contributed by atoms with E-state index in [2.05, 4.69) is 6.58 Å². The lowest BCUT2D eigenvalue weighted by Crippen LogP contribution is -2.08. The third-order valence-corrected chi connectivity index (χ3v) is 1.97. The first kappa shape index (κ1) is 9.30. The molecule has 2 heteroatoms. The molecule has 12 heavy (non-hydrogen) atoms. The number of rotatable bonds is 3. The molecule has 0 aromatic heterocycles. The molecule has 1 unspecified atom stereocenters. The molecular weight excluding hydrogens is 170 g/mol. The molecule has 0 aliphatic rings. The molecule has 0 aliphatic carbocycles. The van der Waals surface area contributed by atoms with Crippen LogP contribution in [-0.2, 0) is 0 Å². The monoisotopic (exact) mass is 181 g/mol. The zero-order valence-corrected chi connectivity index (χ0v) is 7.59. The molecular formula is C10H12ClN. The predicted molar refractivity (Wildman–Crippen MR) is 53.2 cm³/mol.